The smallest absolute Gasteiger partial charge is 0.00461 e. The largest absolute Gasteiger partial charge is 0.330 e. The third kappa shape index (κ3) is 1.07. The minimum absolute atomic E-state index is 0.896. The van der Waals surface area contributed by atoms with Gasteiger partial charge in [0, 0.05) is 0 Å². The Kier molecular flexibility index (Phi) is 1.69. The zero-order chi connectivity index (χ0) is 6.97. The van der Waals surface area contributed by atoms with Crippen LogP contribution in [0.1, 0.15) is 32.1 Å². The highest BCUT2D eigenvalue weighted by molar-refractivity contribution is 4.89. The molecule has 2 N–H and O–H groups in total. The van der Waals surface area contributed by atoms with Crippen molar-refractivity contribution in [2.24, 2.45) is 23.5 Å². The second-order valence-corrected chi connectivity index (χ2v) is 3.93. The normalized spacial score (nSPS) is 40.5. The molecular weight excluding hydrogens is 122 g/mol. The van der Waals surface area contributed by atoms with Crippen LogP contribution in [0.15, 0.2) is 0 Å². The van der Waals surface area contributed by atoms with Gasteiger partial charge >= 0.3 is 0 Å². The van der Waals surface area contributed by atoms with Gasteiger partial charge in [-0.15, -0.1) is 0 Å². The van der Waals surface area contributed by atoms with Crippen molar-refractivity contribution in [1.82, 2.24) is 0 Å². The van der Waals surface area contributed by atoms with Gasteiger partial charge in [-0.25, -0.2) is 0 Å². The Morgan fingerprint density at radius 2 is 1.90 bits per heavy atom. The van der Waals surface area contributed by atoms with Gasteiger partial charge in [-0.3, -0.25) is 0 Å². The zero-order valence-electron chi connectivity index (χ0n) is 6.55. The number of nitrogens with two attached hydrogens (primary N) is 1. The molecular formula is C9H17N. The fraction of sp³-hybridized carbons (Fsp3) is 1.00. The first kappa shape index (κ1) is 6.66. The topological polar surface area (TPSA) is 26.0 Å². The maximum absolute atomic E-state index is 5.69. The molecule has 2 aliphatic carbocycles. The standard InChI is InChI=1S/C9H17N/c10-6-8-2-1-3-9(8)7-4-5-7/h7-9H,1-6,10H2. The van der Waals surface area contributed by atoms with E-state index >= 15 is 0 Å². The fourth-order valence-corrected chi connectivity index (χ4v) is 2.50. The summed E-state index contributed by atoms with van der Waals surface area (Å²) in [6, 6.07) is 0. The van der Waals surface area contributed by atoms with Gasteiger partial charge in [0.2, 0.25) is 0 Å². The van der Waals surface area contributed by atoms with Gasteiger partial charge in [0.1, 0.15) is 0 Å². The molecule has 0 amide bonds. The van der Waals surface area contributed by atoms with Crippen LogP contribution in [-0.4, -0.2) is 6.54 Å². The Hall–Kier alpha value is -0.0400. The van der Waals surface area contributed by atoms with Gasteiger partial charge in [-0.1, -0.05) is 6.42 Å². The van der Waals surface area contributed by atoms with Crippen molar-refractivity contribution in [2.75, 3.05) is 6.54 Å². The van der Waals surface area contributed by atoms with Crippen molar-refractivity contribution in [3.05, 3.63) is 0 Å². The predicted octanol–water partition coefficient (Wildman–Crippen LogP) is 1.77. The van der Waals surface area contributed by atoms with Crippen molar-refractivity contribution in [1.29, 1.82) is 0 Å². The van der Waals surface area contributed by atoms with Crippen LogP contribution in [-0.2, 0) is 0 Å². The highest BCUT2D eigenvalue weighted by Crippen LogP contribution is 2.47. The molecule has 0 aliphatic heterocycles. The van der Waals surface area contributed by atoms with Gasteiger partial charge in [-0.2, -0.15) is 0 Å². The van der Waals surface area contributed by atoms with Crippen LogP contribution in [0.3, 0.4) is 0 Å². The summed E-state index contributed by atoms with van der Waals surface area (Å²) in [5.41, 5.74) is 5.69. The molecule has 0 saturated heterocycles. The lowest BCUT2D eigenvalue weighted by Crippen LogP contribution is -2.19. The van der Waals surface area contributed by atoms with E-state index < -0.39 is 0 Å². The Morgan fingerprint density at radius 1 is 1.10 bits per heavy atom. The summed E-state index contributed by atoms with van der Waals surface area (Å²) in [6.07, 6.45) is 7.34. The molecule has 1 heteroatoms. The van der Waals surface area contributed by atoms with E-state index in [1.165, 1.54) is 32.1 Å². The van der Waals surface area contributed by atoms with Crippen LogP contribution in [0, 0.1) is 17.8 Å². The van der Waals surface area contributed by atoms with Gasteiger partial charge < -0.3 is 5.73 Å². The minimum atomic E-state index is 0.896. The summed E-state index contributed by atoms with van der Waals surface area (Å²) in [5, 5.41) is 0. The van der Waals surface area contributed by atoms with E-state index in [0.29, 0.717) is 0 Å². The molecule has 0 heterocycles. The van der Waals surface area contributed by atoms with Crippen molar-refractivity contribution >= 4 is 0 Å². The van der Waals surface area contributed by atoms with Crippen molar-refractivity contribution in [3.8, 4) is 0 Å². The monoisotopic (exact) mass is 139 g/mol. The third-order valence-corrected chi connectivity index (χ3v) is 3.25. The molecule has 0 spiro atoms. The quantitative estimate of drug-likeness (QED) is 0.620. The molecule has 2 saturated carbocycles. The molecule has 2 atom stereocenters. The SMILES string of the molecule is NCC1CCCC1C1CC1. The Balaban J connectivity index is 1.91. The van der Waals surface area contributed by atoms with Crippen LogP contribution >= 0.6 is 0 Å². The molecule has 0 aromatic carbocycles. The molecule has 10 heavy (non-hydrogen) atoms. The molecule has 1 nitrogen and oxygen atoms in total. The summed E-state index contributed by atoms with van der Waals surface area (Å²) >= 11 is 0. The highest BCUT2D eigenvalue weighted by Gasteiger charge is 2.38. The third-order valence-electron chi connectivity index (χ3n) is 3.25. The number of rotatable bonds is 2. The van der Waals surface area contributed by atoms with E-state index in [-0.39, 0.29) is 0 Å². The molecule has 0 bridgehead atoms. The Bertz CT molecular complexity index is 118. The minimum Gasteiger partial charge on any atom is -0.330 e. The Morgan fingerprint density at radius 3 is 2.50 bits per heavy atom. The van der Waals surface area contributed by atoms with E-state index in [0.717, 1.165) is 24.3 Å². The molecule has 2 unspecified atom stereocenters. The van der Waals surface area contributed by atoms with Crippen LogP contribution in [0.25, 0.3) is 0 Å². The summed E-state index contributed by atoms with van der Waals surface area (Å²) in [5.74, 6) is 3.02. The molecule has 2 aliphatic rings. The van der Waals surface area contributed by atoms with Crippen molar-refractivity contribution in [3.63, 3.8) is 0 Å². The molecule has 2 fully saturated rings. The molecule has 58 valence electrons. The second kappa shape index (κ2) is 2.54. The first-order valence-corrected chi connectivity index (χ1v) is 4.62. The molecule has 0 aromatic heterocycles. The number of hydrogen-bond acceptors (Lipinski definition) is 1. The summed E-state index contributed by atoms with van der Waals surface area (Å²) in [7, 11) is 0. The van der Waals surface area contributed by atoms with E-state index in [9.17, 15) is 0 Å². The predicted molar refractivity (Wildman–Crippen MR) is 42.6 cm³/mol. The average molecular weight is 139 g/mol. The van der Waals surface area contributed by atoms with E-state index in [1.807, 2.05) is 0 Å². The Labute approximate surface area is 63.0 Å². The summed E-state index contributed by atoms with van der Waals surface area (Å²) in [6.45, 7) is 0.946. The van der Waals surface area contributed by atoms with Gasteiger partial charge in [0.25, 0.3) is 0 Å². The molecule has 2 rings (SSSR count). The first-order valence-electron chi connectivity index (χ1n) is 4.62. The van der Waals surface area contributed by atoms with Crippen molar-refractivity contribution < 1.29 is 0 Å². The van der Waals surface area contributed by atoms with Gasteiger partial charge in [0.05, 0.1) is 0 Å². The lowest BCUT2D eigenvalue weighted by molar-refractivity contribution is 0.353. The lowest BCUT2D eigenvalue weighted by Gasteiger charge is -2.16. The van der Waals surface area contributed by atoms with Gasteiger partial charge in [0.15, 0.2) is 0 Å². The van der Waals surface area contributed by atoms with E-state index in [4.69, 9.17) is 5.73 Å². The maximum atomic E-state index is 5.69. The van der Waals surface area contributed by atoms with E-state index in [1.54, 1.807) is 0 Å². The van der Waals surface area contributed by atoms with Crippen LogP contribution in [0.2, 0.25) is 0 Å². The summed E-state index contributed by atoms with van der Waals surface area (Å²) in [4.78, 5) is 0. The van der Waals surface area contributed by atoms with E-state index in [2.05, 4.69) is 0 Å². The average Bonchev–Trinajstić information content (AvgIpc) is 2.69. The molecule has 0 radical (unpaired) electrons. The maximum Gasteiger partial charge on any atom is -0.00461 e. The van der Waals surface area contributed by atoms with Crippen LogP contribution in [0.4, 0.5) is 0 Å². The summed E-state index contributed by atoms with van der Waals surface area (Å²) < 4.78 is 0. The number of hydrogen-bond donors (Lipinski definition) is 1. The van der Waals surface area contributed by atoms with Crippen LogP contribution < -0.4 is 5.73 Å². The lowest BCUT2D eigenvalue weighted by atomic mass is 9.92. The van der Waals surface area contributed by atoms with Crippen molar-refractivity contribution in [2.45, 2.75) is 32.1 Å². The zero-order valence-corrected chi connectivity index (χ0v) is 6.55. The fourth-order valence-electron chi connectivity index (χ4n) is 2.50. The molecule has 0 aromatic rings. The van der Waals surface area contributed by atoms with Crippen LogP contribution in [0.5, 0.6) is 0 Å². The van der Waals surface area contributed by atoms with Gasteiger partial charge in [-0.05, 0) is 50.0 Å². The second-order valence-electron chi connectivity index (χ2n) is 3.93. The highest BCUT2D eigenvalue weighted by atomic mass is 14.6. The first-order chi connectivity index (χ1) is 4.92.